The standard InChI is InChI=1S/C21H25FO6/c1-15(21(24)25)17-4-7-19(20(22)14-17)16-2-5-18(6-3-16)28-13-12-27-11-10-26-9-8-23/h2-7,14-15,23H,8-13H2,1H3,(H,24,25). The summed E-state index contributed by atoms with van der Waals surface area (Å²) in [4.78, 5) is 11.0. The van der Waals surface area contributed by atoms with Crippen LogP contribution in [0.15, 0.2) is 42.5 Å². The Morgan fingerprint density at radius 2 is 1.64 bits per heavy atom. The lowest BCUT2D eigenvalue weighted by molar-refractivity contribution is -0.138. The van der Waals surface area contributed by atoms with Crippen molar-refractivity contribution in [1.82, 2.24) is 0 Å². The number of rotatable bonds is 12. The van der Waals surface area contributed by atoms with Crippen molar-refractivity contribution >= 4 is 5.97 Å². The molecule has 0 aliphatic carbocycles. The summed E-state index contributed by atoms with van der Waals surface area (Å²) in [5, 5.41) is 17.6. The SMILES string of the molecule is CC(C(=O)O)c1ccc(-c2ccc(OCCOCCOCCO)cc2)c(F)c1. The Morgan fingerprint density at radius 3 is 2.25 bits per heavy atom. The summed E-state index contributed by atoms with van der Waals surface area (Å²) in [6.07, 6.45) is 0. The van der Waals surface area contributed by atoms with E-state index in [1.807, 2.05) is 0 Å². The molecule has 2 aromatic carbocycles. The van der Waals surface area contributed by atoms with Crippen molar-refractivity contribution in [3.8, 4) is 16.9 Å². The highest BCUT2D eigenvalue weighted by atomic mass is 19.1. The lowest BCUT2D eigenvalue weighted by Gasteiger charge is -2.11. The van der Waals surface area contributed by atoms with E-state index in [1.165, 1.54) is 13.0 Å². The molecule has 2 rings (SSSR count). The predicted molar refractivity (Wildman–Crippen MR) is 102 cm³/mol. The molecule has 152 valence electrons. The number of aliphatic carboxylic acids is 1. The van der Waals surface area contributed by atoms with E-state index in [-0.39, 0.29) is 6.61 Å². The van der Waals surface area contributed by atoms with E-state index in [4.69, 9.17) is 24.4 Å². The monoisotopic (exact) mass is 392 g/mol. The van der Waals surface area contributed by atoms with Gasteiger partial charge in [0.25, 0.3) is 0 Å². The summed E-state index contributed by atoms with van der Waals surface area (Å²) in [7, 11) is 0. The van der Waals surface area contributed by atoms with Crippen molar-refractivity contribution in [2.45, 2.75) is 12.8 Å². The second kappa shape index (κ2) is 11.4. The van der Waals surface area contributed by atoms with Gasteiger partial charge in [-0.2, -0.15) is 0 Å². The Hall–Kier alpha value is -2.48. The van der Waals surface area contributed by atoms with Crippen LogP contribution in [0.25, 0.3) is 11.1 Å². The minimum absolute atomic E-state index is 0.00535. The number of benzene rings is 2. The van der Waals surface area contributed by atoms with E-state index in [9.17, 15) is 9.18 Å². The Morgan fingerprint density at radius 1 is 1.00 bits per heavy atom. The molecule has 0 amide bonds. The second-order valence-corrected chi connectivity index (χ2v) is 6.12. The zero-order chi connectivity index (χ0) is 20.4. The van der Waals surface area contributed by atoms with Crippen LogP contribution >= 0.6 is 0 Å². The van der Waals surface area contributed by atoms with Gasteiger partial charge in [-0.25, -0.2) is 4.39 Å². The largest absolute Gasteiger partial charge is 0.491 e. The van der Waals surface area contributed by atoms with Gasteiger partial charge in [-0.15, -0.1) is 0 Å². The molecule has 6 nitrogen and oxygen atoms in total. The van der Waals surface area contributed by atoms with Crippen LogP contribution in [0.2, 0.25) is 0 Å². The van der Waals surface area contributed by atoms with Gasteiger partial charge in [0.15, 0.2) is 0 Å². The van der Waals surface area contributed by atoms with E-state index < -0.39 is 17.7 Å². The molecule has 0 fully saturated rings. The van der Waals surface area contributed by atoms with Gasteiger partial charge < -0.3 is 24.4 Å². The zero-order valence-corrected chi connectivity index (χ0v) is 15.8. The van der Waals surface area contributed by atoms with Gasteiger partial charge in [-0.05, 0) is 36.2 Å². The second-order valence-electron chi connectivity index (χ2n) is 6.12. The molecule has 0 aromatic heterocycles. The van der Waals surface area contributed by atoms with E-state index in [2.05, 4.69) is 0 Å². The molecule has 0 bridgehead atoms. The van der Waals surface area contributed by atoms with Gasteiger partial charge in [-0.1, -0.05) is 24.3 Å². The van der Waals surface area contributed by atoms with Crippen molar-refractivity contribution in [3.63, 3.8) is 0 Å². The van der Waals surface area contributed by atoms with Gasteiger partial charge in [0.1, 0.15) is 18.2 Å². The summed E-state index contributed by atoms with van der Waals surface area (Å²) >= 11 is 0. The maximum Gasteiger partial charge on any atom is 0.310 e. The number of hydrogen-bond acceptors (Lipinski definition) is 5. The van der Waals surface area contributed by atoms with Crippen molar-refractivity contribution in [1.29, 1.82) is 0 Å². The molecule has 2 aromatic rings. The number of carboxylic acids is 1. The number of hydrogen-bond donors (Lipinski definition) is 2. The summed E-state index contributed by atoms with van der Waals surface area (Å²) in [6, 6.07) is 11.5. The van der Waals surface area contributed by atoms with Crippen LogP contribution in [0, 0.1) is 5.82 Å². The third kappa shape index (κ3) is 6.60. The summed E-state index contributed by atoms with van der Waals surface area (Å²) in [6.45, 7) is 3.44. The first-order valence-corrected chi connectivity index (χ1v) is 9.04. The highest BCUT2D eigenvalue weighted by Crippen LogP contribution is 2.28. The maximum atomic E-state index is 14.4. The molecule has 0 heterocycles. The summed E-state index contributed by atoms with van der Waals surface area (Å²) in [5.41, 5.74) is 1.51. The molecule has 0 spiro atoms. The molecule has 0 aliphatic rings. The van der Waals surface area contributed by atoms with Crippen molar-refractivity contribution in [2.75, 3.05) is 39.6 Å². The predicted octanol–water partition coefficient (Wildman–Crippen LogP) is 3.09. The minimum atomic E-state index is -0.990. The first kappa shape index (κ1) is 21.8. The quantitative estimate of drug-likeness (QED) is 0.540. The van der Waals surface area contributed by atoms with Crippen LogP contribution in [0.1, 0.15) is 18.4 Å². The Balaban J connectivity index is 1.84. The van der Waals surface area contributed by atoms with Crippen LogP contribution in [-0.2, 0) is 14.3 Å². The minimum Gasteiger partial charge on any atom is -0.491 e. The molecule has 28 heavy (non-hydrogen) atoms. The molecular formula is C21H25FO6. The third-order valence-corrected chi connectivity index (χ3v) is 4.13. The van der Waals surface area contributed by atoms with Gasteiger partial charge in [0.2, 0.25) is 0 Å². The Labute approximate surface area is 163 Å². The van der Waals surface area contributed by atoms with Crippen molar-refractivity contribution < 1.29 is 33.6 Å². The van der Waals surface area contributed by atoms with E-state index in [0.29, 0.717) is 55.5 Å². The number of halogens is 1. The molecular weight excluding hydrogens is 367 g/mol. The van der Waals surface area contributed by atoms with E-state index in [1.54, 1.807) is 36.4 Å². The molecule has 0 saturated carbocycles. The fourth-order valence-electron chi connectivity index (χ4n) is 2.51. The van der Waals surface area contributed by atoms with Gasteiger partial charge in [0.05, 0.1) is 39.0 Å². The molecule has 7 heteroatoms. The summed E-state index contributed by atoms with van der Waals surface area (Å²) in [5.74, 6) is -1.57. The highest BCUT2D eigenvalue weighted by Gasteiger charge is 2.16. The Bertz CT molecular complexity index is 747. The van der Waals surface area contributed by atoms with Crippen LogP contribution in [0.5, 0.6) is 5.75 Å². The normalized spacial score (nSPS) is 12.0. The maximum absolute atomic E-state index is 14.4. The smallest absolute Gasteiger partial charge is 0.310 e. The molecule has 0 aliphatic heterocycles. The first-order chi connectivity index (χ1) is 13.5. The number of aliphatic hydroxyl groups excluding tert-OH is 1. The Kier molecular flexibility index (Phi) is 8.87. The van der Waals surface area contributed by atoms with Gasteiger partial charge >= 0.3 is 5.97 Å². The molecule has 1 atom stereocenters. The topological polar surface area (TPSA) is 85.2 Å². The average molecular weight is 392 g/mol. The molecule has 2 N–H and O–H groups in total. The highest BCUT2D eigenvalue weighted by molar-refractivity contribution is 5.76. The third-order valence-electron chi connectivity index (χ3n) is 4.13. The molecule has 0 saturated heterocycles. The fourth-order valence-corrected chi connectivity index (χ4v) is 2.51. The van der Waals surface area contributed by atoms with E-state index >= 15 is 0 Å². The number of carboxylic acid groups (broad SMARTS) is 1. The molecule has 1 unspecified atom stereocenters. The van der Waals surface area contributed by atoms with Crippen LogP contribution < -0.4 is 4.74 Å². The molecule has 0 radical (unpaired) electrons. The van der Waals surface area contributed by atoms with Gasteiger partial charge in [-0.3, -0.25) is 4.79 Å². The zero-order valence-electron chi connectivity index (χ0n) is 15.8. The van der Waals surface area contributed by atoms with E-state index in [0.717, 1.165) is 0 Å². The lowest BCUT2D eigenvalue weighted by atomic mass is 9.97. The number of aliphatic hydroxyl groups is 1. The van der Waals surface area contributed by atoms with Crippen LogP contribution in [0.3, 0.4) is 0 Å². The van der Waals surface area contributed by atoms with Crippen molar-refractivity contribution in [3.05, 3.63) is 53.8 Å². The first-order valence-electron chi connectivity index (χ1n) is 9.04. The average Bonchev–Trinajstić information content (AvgIpc) is 2.70. The lowest BCUT2D eigenvalue weighted by Crippen LogP contribution is -2.11. The fraction of sp³-hybridized carbons (Fsp3) is 0.381. The number of carbonyl (C=O) groups is 1. The summed E-state index contributed by atoms with van der Waals surface area (Å²) < 4.78 is 30.4. The number of ether oxygens (including phenoxy) is 3. The van der Waals surface area contributed by atoms with Crippen molar-refractivity contribution in [2.24, 2.45) is 0 Å². The van der Waals surface area contributed by atoms with Crippen LogP contribution in [-0.4, -0.2) is 55.8 Å². The van der Waals surface area contributed by atoms with Crippen LogP contribution in [0.4, 0.5) is 4.39 Å². The van der Waals surface area contributed by atoms with Gasteiger partial charge in [0, 0.05) is 5.56 Å².